The molecule has 7 nitrogen and oxygen atoms in total. The lowest BCUT2D eigenvalue weighted by Crippen LogP contribution is -2.21. The summed E-state index contributed by atoms with van der Waals surface area (Å²) in [5.41, 5.74) is 0. The largest absolute Gasteiger partial charge is 0.497 e. The van der Waals surface area contributed by atoms with Crippen LogP contribution in [-0.2, 0) is 0 Å². The molecule has 0 aliphatic heterocycles. The van der Waals surface area contributed by atoms with Gasteiger partial charge in [-0.3, -0.25) is 0 Å². The van der Waals surface area contributed by atoms with Crippen LogP contribution in [0.25, 0.3) is 0 Å². The molecular weight excluding hydrogens is 306 g/mol. The molecule has 0 bridgehead atoms. The van der Waals surface area contributed by atoms with Gasteiger partial charge in [-0.05, 0) is 44.4 Å². The molecule has 1 aromatic heterocycles. The number of aromatic nitrogens is 2. The highest BCUT2D eigenvalue weighted by Gasteiger charge is 2.00. The Bertz CT molecular complexity index is 604. The molecule has 0 amide bonds. The number of nitrogens with one attached hydrogen (secondary N) is 2. The molecule has 0 spiro atoms. The van der Waals surface area contributed by atoms with Crippen LogP contribution in [0.15, 0.2) is 36.5 Å². The molecule has 0 aliphatic rings. The van der Waals surface area contributed by atoms with E-state index in [4.69, 9.17) is 9.47 Å². The van der Waals surface area contributed by atoms with E-state index in [2.05, 4.69) is 25.5 Å². The van der Waals surface area contributed by atoms with Gasteiger partial charge in [0, 0.05) is 19.3 Å². The fourth-order valence-electron chi connectivity index (χ4n) is 1.95. The van der Waals surface area contributed by atoms with Crippen molar-refractivity contribution in [2.45, 2.75) is 0 Å². The molecular formula is C17H25N5O2. The molecule has 1 aromatic carbocycles. The van der Waals surface area contributed by atoms with Crippen molar-refractivity contribution in [3.05, 3.63) is 36.5 Å². The number of rotatable bonds is 10. The van der Waals surface area contributed by atoms with E-state index in [1.165, 1.54) is 0 Å². The molecule has 1 heterocycles. The lowest BCUT2D eigenvalue weighted by Gasteiger charge is -2.12. The molecule has 0 saturated heterocycles. The lowest BCUT2D eigenvalue weighted by atomic mass is 10.3. The first kappa shape index (κ1) is 17.8. The topological polar surface area (TPSA) is 71.5 Å². The third-order valence-electron chi connectivity index (χ3n) is 3.23. The summed E-state index contributed by atoms with van der Waals surface area (Å²) in [4.78, 5) is 10.7. The number of methoxy groups -OCH3 is 1. The molecule has 0 fully saturated rings. The number of likely N-dealkylation sites (N-methyl/N-ethyl adjacent to an activating group) is 1. The second-order valence-corrected chi connectivity index (χ2v) is 5.45. The van der Waals surface area contributed by atoms with Crippen LogP contribution in [0, 0.1) is 0 Å². The minimum Gasteiger partial charge on any atom is -0.497 e. The number of hydrogen-bond donors (Lipinski definition) is 2. The van der Waals surface area contributed by atoms with Crippen molar-refractivity contribution in [2.75, 3.05) is 58.1 Å². The van der Waals surface area contributed by atoms with Crippen molar-refractivity contribution in [3.63, 3.8) is 0 Å². The Balaban J connectivity index is 1.71. The van der Waals surface area contributed by atoms with Gasteiger partial charge < -0.3 is 25.0 Å². The Morgan fingerprint density at radius 3 is 2.46 bits per heavy atom. The molecule has 130 valence electrons. The zero-order chi connectivity index (χ0) is 17.2. The van der Waals surface area contributed by atoms with E-state index in [9.17, 15) is 0 Å². The first-order valence-electron chi connectivity index (χ1n) is 7.90. The molecule has 2 aromatic rings. The fraction of sp³-hybridized carbons (Fsp3) is 0.412. The van der Waals surface area contributed by atoms with Gasteiger partial charge in [0.2, 0.25) is 5.95 Å². The van der Waals surface area contributed by atoms with Crippen molar-refractivity contribution >= 4 is 11.8 Å². The molecule has 0 atom stereocenters. The summed E-state index contributed by atoms with van der Waals surface area (Å²) < 4.78 is 10.8. The van der Waals surface area contributed by atoms with Crippen LogP contribution in [0.2, 0.25) is 0 Å². The van der Waals surface area contributed by atoms with Gasteiger partial charge in [0.15, 0.2) is 0 Å². The normalized spacial score (nSPS) is 10.5. The summed E-state index contributed by atoms with van der Waals surface area (Å²) in [5, 5.41) is 6.42. The monoisotopic (exact) mass is 331 g/mol. The molecule has 0 radical (unpaired) electrons. The Kier molecular flexibility index (Phi) is 7.10. The number of ether oxygens (including phenoxy) is 2. The van der Waals surface area contributed by atoms with Crippen LogP contribution in [0.1, 0.15) is 0 Å². The maximum Gasteiger partial charge on any atom is 0.224 e. The Morgan fingerprint density at radius 2 is 1.75 bits per heavy atom. The van der Waals surface area contributed by atoms with Crippen LogP contribution in [-0.4, -0.2) is 62.3 Å². The van der Waals surface area contributed by atoms with Crippen molar-refractivity contribution in [3.8, 4) is 11.5 Å². The van der Waals surface area contributed by atoms with Gasteiger partial charge in [0.1, 0.15) is 23.9 Å². The van der Waals surface area contributed by atoms with Crippen LogP contribution in [0.3, 0.4) is 0 Å². The van der Waals surface area contributed by atoms with E-state index in [0.717, 1.165) is 30.4 Å². The van der Waals surface area contributed by atoms with Gasteiger partial charge in [0.25, 0.3) is 0 Å². The van der Waals surface area contributed by atoms with Crippen molar-refractivity contribution in [2.24, 2.45) is 0 Å². The summed E-state index contributed by atoms with van der Waals surface area (Å²) in [5.74, 6) is 3.01. The average molecular weight is 331 g/mol. The van der Waals surface area contributed by atoms with Gasteiger partial charge in [-0.1, -0.05) is 0 Å². The third-order valence-corrected chi connectivity index (χ3v) is 3.23. The standard InChI is InChI=1S/C17H25N5O2/c1-22(2)12-10-18-16-8-9-19-17(21-16)20-11-13-24-15-6-4-14(23-3)5-7-15/h4-9H,10-13H2,1-3H3,(H2,18,19,20,21). The average Bonchev–Trinajstić information content (AvgIpc) is 2.59. The van der Waals surface area contributed by atoms with E-state index in [0.29, 0.717) is 19.1 Å². The lowest BCUT2D eigenvalue weighted by molar-refractivity contribution is 0.331. The number of nitrogens with zero attached hydrogens (tertiary/aromatic N) is 3. The first-order valence-corrected chi connectivity index (χ1v) is 7.90. The van der Waals surface area contributed by atoms with Crippen LogP contribution in [0.4, 0.5) is 11.8 Å². The minimum atomic E-state index is 0.522. The second-order valence-electron chi connectivity index (χ2n) is 5.45. The predicted octanol–water partition coefficient (Wildman–Crippen LogP) is 1.95. The summed E-state index contributed by atoms with van der Waals surface area (Å²) in [7, 11) is 5.72. The SMILES string of the molecule is COc1ccc(OCCNc2nccc(NCCN(C)C)n2)cc1. The number of benzene rings is 1. The Morgan fingerprint density at radius 1 is 1.00 bits per heavy atom. The van der Waals surface area contributed by atoms with E-state index < -0.39 is 0 Å². The Labute approximate surface area is 143 Å². The highest BCUT2D eigenvalue weighted by atomic mass is 16.5. The van der Waals surface area contributed by atoms with E-state index >= 15 is 0 Å². The quantitative estimate of drug-likeness (QED) is 0.645. The molecule has 2 N–H and O–H groups in total. The van der Waals surface area contributed by atoms with Gasteiger partial charge in [-0.15, -0.1) is 0 Å². The maximum atomic E-state index is 5.65. The van der Waals surface area contributed by atoms with Gasteiger partial charge in [-0.25, -0.2) is 4.98 Å². The summed E-state index contributed by atoms with van der Waals surface area (Å²) in [6.45, 7) is 2.92. The highest BCUT2D eigenvalue weighted by Crippen LogP contribution is 2.16. The first-order chi connectivity index (χ1) is 11.7. The summed E-state index contributed by atoms with van der Waals surface area (Å²) in [6, 6.07) is 9.35. The molecule has 24 heavy (non-hydrogen) atoms. The zero-order valence-corrected chi connectivity index (χ0v) is 14.5. The van der Waals surface area contributed by atoms with Crippen molar-refractivity contribution < 1.29 is 9.47 Å². The molecule has 7 heteroatoms. The minimum absolute atomic E-state index is 0.522. The third kappa shape index (κ3) is 6.29. The van der Waals surface area contributed by atoms with Crippen LogP contribution >= 0.6 is 0 Å². The maximum absolute atomic E-state index is 5.65. The van der Waals surface area contributed by atoms with Crippen LogP contribution in [0.5, 0.6) is 11.5 Å². The van der Waals surface area contributed by atoms with E-state index in [1.807, 2.05) is 44.4 Å². The van der Waals surface area contributed by atoms with E-state index in [-0.39, 0.29) is 0 Å². The highest BCUT2D eigenvalue weighted by molar-refractivity contribution is 5.39. The molecule has 0 unspecified atom stereocenters. The second kappa shape index (κ2) is 9.57. The number of hydrogen-bond acceptors (Lipinski definition) is 7. The fourth-order valence-corrected chi connectivity index (χ4v) is 1.95. The molecule has 0 saturated carbocycles. The molecule has 0 aliphatic carbocycles. The van der Waals surface area contributed by atoms with Gasteiger partial charge in [-0.2, -0.15) is 4.98 Å². The summed E-state index contributed by atoms with van der Waals surface area (Å²) in [6.07, 6.45) is 1.73. The zero-order valence-electron chi connectivity index (χ0n) is 14.5. The van der Waals surface area contributed by atoms with Crippen molar-refractivity contribution in [1.82, 2.24) is 14.9 Å². The summed E-state index contributed by atoms with van der Waals surface area (Å²) >= 11 is 0. The molecule has 2 rings (SSSR count). The van der Waals surface area contributed by atoms with Gasteiger partial charge >= 0.3 is 0 Å². The number of anilines is 2. The van der Waals surface area contributed by atoms with Crippen molar-refractivity contribution in [1.29, 1.82) is 0 Å². The van der Waals surface area contributed by atoms with Gasteiger partial charge in [0.05, 0.1) is 13.7 Å². The van der Waals surface area contributed by atoms with E-state index in [1.54, 1.807) is 13.3 Å². The predicted molar refractivity (Wildman–Crippen MR) is 96.1 cm³/mol. The smallest absolute Gasteiger partial charge is 0.224 e. The van der Waals surface area contributed by atoms with Crippen LogP contribution < -0.4 is 20.1 Å². The Hall–Kier alpha value is -2.54.